The largest absolute Gasteiger partial charge is 0.477 e. The molecule has 0 fully saturated rings. The van der Waals surface area contributed by atoms with Crippen LogP contribution in [0.5, 0.6) is 0 Å². The van der Waals surface area contributed by atoms with Crippen LogP contribution in [0.4, 0.5) is 5.69 Å². The van der Waals surface area contributed by atoms with Gasteiger partial charge in [-0.3, -0.25) is 10.1 Å². The van der Waals surface area contributed by atoms with Crippen molar-refractivity contribution in [1.82, 2.24) is 4.98 Å². The van der Waals surface area contributed by atoms with Gasteiger partial charge in [0.25, 0.3) is 0 Å². The summed E-state index contributed by atoms with van der Waals surface area (Å²) in [6.45, 7) is 0. The van der Waals surface area contributed by atoms with E-state index in [4.69, 9.17) is 28.3 Å². The first-order valence-electron chi connectivity index (χ1n) is 3.17. The van der Waals surface area contributed by atoms with Gasteiger partial charge >= 0.3 is 11.7 Å². The van der Waals surface area contributed by atoms with E-state index in [9.17, 15) is 14.9 Å². The number of hydrogen-bond donors (Lipinski definition) is 1. The highest BCUT2D eigenvalue weighted by molar-refractivity contribution is 6.37. The van der Waals surface area contributed by atoms with Crippen LogP contribution in [0.1, 0.15) is 10.5 Å². The molecular weight excluding hydrogens is 235 g/mol. The van der Waals surface area contributed by atoms with Gasteiger partial charge in [0.2, 0.25) is 5.15 Å². The van der Waals surface area contributed by atoms with E-state index in [0.29, 0.717) is 0 Å². The number of carboxylic acids is 1. The molecule has 0 bridgehead atoms. The second-order valence-corrected chi connectivity index (χ2v) is 2.96. The maximum Gasteiger partial charge on any atom is 0.354 e. The number of nitro groups is 1. The van der Waals surface area contributed by atoms with Gasteiger partial charge in [0.05, 0.1) is 4.92 Å². The van der Waals surface area contributed by atoms with E-state index in [1.165, 1.54) is 0 Å². The Labute approximate surface area is 87.2 Å². The van der Waals surface area contributed by atoms with Crippen molar-refractivity contribution in [2.45, 2.75) is 0 Å². The lowest BCUT2D eigenvalue weighted by molar-refractivity contribution is -0.384. The summed E-state index contributed by atoms with van der Waals surface area (Å²) < 4.78 is 0. The number of pyridine rings is 1. The topological polar surface area (TPSA) is 93.3 Å². The lowest BCUT2D eigenvalue weighted by Gasteiger charge is -1.98. The third kappa shape index (κ3) is 1.91. The van der Waals surface area contributed by atoms with Crippen molar-refractivity contribution >= 4 is 34.9 Å². The Morgan fingerprint density at radius 2 is 2.14 bits per heavy atom. The van der Waals surface area contributed by atoms with Crippen molar-refractivity contribution in [2.24, 2.45) is 0 Å². The third-order valence-electron chi connectivity index (χ3n) is 1.31. The predicted molar refractivity (Wildman–Crippen MR) is 47.9 cm³/mol. The van der Waals surface area contributed by atoms with Gasteiger partial charge in [-0.2, -0.15) is 0 Å². The van der Waals surface area contributed by atoms with E-state index in [0.717, 1.165) is 6.07 Å². The number of carbonyl (C=O) groups is 1. The Morgan fingerprint density at radius 3 is 2.50 bits per heavy atom. The van der Waals surface area contributed by atoms with Gasteiger partial charge in [0.15, 0.2) is 5.69 Å². The molecule has 0 aliphatic rings. The summed E-state index contributed by atoms with van der Waals surface area (Å²) in [7, 11) is 0. The van der Waals surface area contributed by atoms with Gasteiger partial charge in [-0.15, -0.1) is 0 Å². The second-order valence-electron chi connectivity index (χ2n) is 2.19. The van der Waals surface area contributed by atoms with Crippen molar-refractivity contribution < 1.29 is 14.8 Å². The summed E-state index contributed by atoms with van der Waals surface area (Å²) in [6.07, 6.45) is 0. The Morgan fingerprint density at radius 1 is 1.57 bits per heavy atom. The SMILES string of the molecule is O=C(O)c1cc(Cl)c([N+](=O)[O-])c(Cl)n1. The maximum absolute atomic E-state index is 10.4. The predicted octanol–water partition coefficient (Wildman–Crippen LogP) is 1.99. The Bertz CT molecular complexity index is 397. The van der Waals surface area contributed by atoms with Gasteiger partial charge in [0, 0.05) is 0 Å². The van der Waals surface area contributed by atoms with Crippen LogP contribution in [0.2, 0.25) is 10.2 Å². The fraction of sp³-hybridized carbons (Fsp3) is 0. The molecule has 1 N–H and O–H groups in total. The average molecular weight is 237 g/mol. The van der Waals surface area contributed by atoms with E-state index in [2.05, 4.69) is 4.98 Å². The summed E-state index contributed by atoms with van der Waals surface area (Å²) >= 11 is 10.8. The molecule has 0 saturated carbocycles. The molecular formula is C6H2Cl2N2O4. The third-order valence-corrected chi connectivity index (χ3v) is 1.86. The van der Waals surface area contributed by atoms with Gasteiger partial charge in [-0.1, -0.05) is 23.2 Å². The summed E-state index contributed by atoms with van der Waals surface area (Å²) in [5, 5.41) is 18.0. The molecule has 0 aliphatic carbocycles. The zero-order valence-electron chi connectivity index (χ0n) is 6.40. The smallest absolute Gasteiger partial charge is 0.354 e. The standard InChI is InChI=1S/C6H2Cl2N2O4/c7-2-1-3(6(11)12)9-5(8)4(2)10(13)14/h1H,(H,11,12). The molecule has 0 amide bonds. The van der Waals surface area contributed by atoms with Crippen LogP contribution < -0.4 is 0 Å². The zero-order chi connectivity index (χ0) is 10.9. The highest BCUT2D eigenvalue weighted by Crippen LogP contribution is 2.31. The second kappa shape index (κ2) is 3.77. The molecule has 1 heterocycles. The van der Waals surface area contributed by atoms with Gasteiger partial charge in [-0.05, 0) is 6.07 Å². The molecule has 8 heteroatoms. The molecule has 0 spiro atoms. The van der Waals surface area contributed by atoms with Crippen molar-refractivity contribution in [3.63, 3.8) is 0 Å². The first-order chi connectivity index (χ1) is 6.43. The minimum Gasteiger partial charge on any atom is -0.477 e. The fourth-order valence-corrected chi connectivity index (χ4v) is 1.32. The first-order valence-corrected chi connectivity index (χ1v) is 3.92. The average Bonchev–Trinajstić information content (AvgIpc) is 2.01. The van der Waals surface area contributed by atoms with Crippen LogP contribution in [-0.2, 0) is 0 Å². The Kier molecular flexibility index (Phi) is 2.87. The molecule has 1 rings (SSSR count). The highest BCUT2D eigenvalue weighted by atomic mass is 35.5. The van der Waals surface area contributed by atoms with Crippen LogP contribution in [0.15, 0.2) is 6.07 Å². The molecule has 0 radical (unpaired) electrons. The molecule has 14 heavy (non-hydrogen) atoms. The number of hydrogen-bond acceptors (Lipinski definition) is 4. The lowest BCUT2D eigenvalue weighted by Crippen LogP contribution is -2.02. The highest BCUT2D eigenvalue weighted by Gasteiger charge is 2.22. The van der Waals surface area contributed by atoms with E-state index < -0.39 is 27.4 Å². The normalized spacial score (nSPS) is 9.86. The number of aromatic nitrogens is 1. The van der Waals surface area contributed by atoms with Crippen LogP contribution in [-0.4, -0.2) is 21.0 Å². The van der Waals surface area contributed by atoms with Crippen molar-refractivity contribution in [1.29, 1.82) is 0 Å². The molecule has 0 aliphatic heterocycles. The molecule has 74 valence electrons. The molecule has 0 aromatic carbocycles. The van der Waals surface area contributed by atoms with Crippen molar-refractivity contribution in [3.8, 4) is 0 Å². The lowest BCUT2D eigenvalue weighted by atomic mass is 10.3. The zero-order valence-corrected chi connectivity index (χ0v) is 7.91. The number of aromatic carboxylic acids is 1. The summed E-state index contributed by atoms with van der Waals surface area (Å²) in [4.78, 5) is 23.3. The number of carboxylic acid groups (broad SMARTS) is 1. The van der Waals surface area contributed by atoms with Gasteiger partial charge in [-0.25, -0.2) is 9.78 Å². The summed E-state index contributed by atoms with van der Waals surface area (Å²) in [6, 6.07) is 0.869. The monoisotopic (exact) mass is 236 g/mol. The first kappa shape index (κ1) is 10.7. The Balaban J connectivity index is 3.39. The van der Waals surface area contributed by atoms with Crippen molar-refractivity contribution in [3.05, 3.63) is 32.1 Å². The quantitative estimate of drug-likeness (QED) is 0.482. The molecule has 1 aromatic rings. The number of halogens is 2. The molecule has 0 atom stereocenters. The van der Waals surface area contributed by atoms with Crippen molar-refractivity contribution in [2.75, 3.05) is 0 Å². The van der Waals surface area contributed by atoms with E-state index in [1.807, 2.05) is 0 Å². The van der Waals surface area contributed by atoms with Gasteiger partial charge < -0.3 is 5.11 Å². The number of nitrogens with zero attached hydrogens (tertiary/aromatic N) is 2. The number of rotatable bonds is 2. The van der Waals surface area contributed by atoms with E-state index in [1.54, 1.807) is 0 Å². The van der Waals surface area contributed by atoms with Crippen LogP contribution in [0.25, 0.3) is 0 Å². The minimum absolute atomic E-state index is 0.354. The molecule has 6 nitrogen and oxygen atoms in total. The molecule has 1 aromatic heterocycles. The minimum atomic E-state index is -1.36. The molecule has 0 saturated heterocycles. The van der Waals surface area contributed by atoms with Crippen LogP contribution in [0.3, 0.4) is 0 Å². The van der Waals surface area contributed by atoms with E-state index in [-0.39, 0.29) is 5.02 Å². The van der Waals surface area contributed by atoms with Gasteiger partial charge in [0.1, 0.15) is 5.02 Å². The summed E-state index contributed by atoms with van der Waals surface area (Å²) in [5.74, 6) is -1.36. The fourth-order valence-electron chi connectivity index (χ4n) is 0.750. The molecule has 0 unspecified atom stereocenters. The maximum atomic E-state index is 10.4. The summed E-state index contributed by atoms with van der Waals surface area (Å²) in [5.41, 5.74) is -1.04. The van der Waals surface area contributed by atoms with E-state index >= 15 is 0 Å². The van der Waals surface area contributed by atoms with Crippen LogP contribution >= 0.6 is 23.2 Å². The van der Waals surface area contributed by atoms with Crippen LogP contribution in [0, 0.1) is 10.1 Å². The Hall–Kier alpha value is -1.40.